The zero-order valence-electron chi connectivity index (χ0n) is 20.7. The first-order valence-electron chi connectivity index (χ1n) is 11.7. The van der Waals surface area contributed by atoms with Crippen LogP contribution in [0.3, 0.4) is 0 Å². The highest BCUT2D eigenvalue weighted by Crippen LogP contribution is 2.30. The van der Waals surface area contributed by atoms with Gasteiger partial charge in [0.2, 0.25) is 0 Å². The van der Waals surface area contributed by atoms with E-state index >= 15 is 0 Å². The highest BCUT2D eigenvalue weighted by Gasteiger charge is 2.20. The predicted octanol–water partition coefficient (Wildman–Crippen LogP) is 5.46. The maximum absolute atomic E-state index is 14.2. The van der Waals surface area contributed by atoms with Gasteiger partial charge in [0.05, 0.1) is 22.6 Å². The molecule has 2 aromatic carbocycles. The van der Waals surface area contributed by atoms with Gasteiger partial charge in [-0.05, 0) is 49.7 Å². The number of pyridine rings is 1. The van der Waals surface area contributed by atoms with Gasteiger partial charge in [-0.15, -0.1) is 11.3 Å². The third kappa shape index (κ3) is 4.56. The van der Waals surface area contributed by atoms with Gasteiger partial charge in [0.1, 0.15) is 16.5 Å². The van der Waals surface area contributed by atoms with Crippen molar-refractivity contribution in [3.8, 4) is 16.8 Å². The monoisotopic (exact) mass is 507 g/mol. The van der Waals surface area contributed by atoms with Gasteiger partial charge in [-0.1, -0.05) is 36.4 Å². The van der Waals surface area contributed by atoms with Crippen LogP contribution >= 0.6 is 11.3 Å². The second kappa shape index (κ2) is 10.2. The van der Waals surface area contributed by atoms with Gasteiger partial charge < -0.3 is 5.32 Å². The van der Waals surface area contributed by atoms with Gasteiger partial charge in [-0.25, -0.2) is 19.9 Å². The quantitative estimate of drug-likeness (QED) is 0.243. The number of thiazole rings is 1. The molecule has 0 bridgehead atoms. The second-order valence-electron chi connectivity index (χ2n) is 8.40. The number of amidine groups is 1. The van der Waals surface area contributed by atoms with Crippen LogP contribution in [0.2, 0.25) is 0 Å². The topological polar surface area (TPSA) is 97.4 Å². The van der Waals surface area contributed by atoms with E-state index in [-0.39, 0.29) is 5.56 Å². The molecule has 3 aromatic heterocycles. The molecule has 8 nitrogen and oxygen atoms in total. The predicted molar refractivity (Wildman–Crippen MR) is 151 cm³/mol. The summed E-state index contributed by atoms with van der Waals surface area (Å²) < 4.78 is 1.72. The number of anilines is 1. The molecule has 3 heterocycles. The summed E-state index contributed by atoms with van der Waals surface area (Å²) in [6.07, 6.45) is 3.50. The Hall–Kier alpha value is -4.50. The number of nitrogens with one attached hydrogen (secondary N) is 1. The molecule has 0 unspecified atom stereocenters. The SMILES string of the molecule is C=NC(=N[C@@H](C)c1cc2cccc(-c3cnc(C)nc3)c2c(=O)n1-c1ccccc1)c1ncsc1NC. The van der Waals surface area contributed by atoms with E-state index in [0.717, 1.165) is 32.9 Å². The van der Waals surface area contributed by atoms with Crippen molar-refractivity contribution in [1.82, 2.24) is 19.5 Å². The average Bonchev–Trinajstić information content (AvgIpc) is 3.41. The molecule has 0 spiro atoms. The number of fused-ring (bicyclic) bond motifs is 1. The molecule has 0 aliphatic rings. The summed E-state index contributed by atoms with van der Waals surface area (Å²) in [6.45, 7) is 7.49. The van der Waals surface area contributed by atoms with Crippen molar-refractivity contribution in [2.45, 2.75) is 19.9 Å². The normalized spacial score (nSPS) is 12.5. The minimum Gasteiger partial charge on any atom is -0.378 e. The van der Waals surface area contributed by atoms with Gasteiger partial charge in [0.15, 0.2) is 5.84 Å². The van der Waals surface area contributed by atoms with Crippen molar-refractivity contribution in [1.29, 1.82) is 0 Å². The lowest BCUT2D eigenvalue weighted by Gasteiger charge is -2.19. The van der Waals surface area contributed by atoms with Crippen molar-refractivity contribution >= 4 is 39.7 Å². The maximum Gasteiger partial charge on any atom is 0.263 e. The number of aromatic nitrogens is 4. The summed E-state index contributed by atoms with van der Waals surface area (Å²) in [6, 6.07) is 17.0. The van der Waals surface area contributed by atoms with E-state index in [1.165, 1.54) is 11.3 Å². The molecule has 5 aromatic rings. The van der Waals surface area contributed by atoms with E-state index in [2.05, 4.69) is 32.0 Å². The molecule has 1 atom stereocenters. The van der Waals surface area contributed by atoms with Crippen LogP contribution in [-0.4, -0.2) is 39.1 Å². The fourth-order valence-electron chi connectivity index (χ4n) is 4.31. The fraction of sp³-hybridized carbons (Fsp3) is 0.143. The van der Waals surface area contributed by atoms with E-state index in [0.29, 0.717) is 22.7 Å². The summed E-state index contributed by atoms with van der Waals surface area (Å²) in [4.78, 5) is 36.3. The van der Waals surface area contributed by atoms with Crippen LogP contribution in [-0.2, 0) is 0 Å². The lowest BCUT2D eigenvalue weighted by molar-refractivity contribution is 0.735. The number of nitrogens with zero attached hydrogens (tertiary/aromatic N) is 6. The lowest BCUT2D eigenvalue weighted by Crippen LogP contribution is -2.24. The van der Waals surface area contributed by atoms with E-state index < -0.39 is 6.04 Å². The van der Waals surface area contributed by atoms with Gasteiger partial charge >= 0.3 is 0 Å². The molecule has 0 aliphatic heterocycles. The maximum atomic E-state index is 14.2. The van der Waals surface area contributed by atoms with E-state index in [1.807, 2.05) is 75.5 Å². The number of hydrogen-bond acceptors (Lipinski definition) is 7. The number of aryl methyl sites for hydroxylation is 1. The first kappa shape index (κ1) is 24.2. The van der Waals surface area contributed by atoms with Crippen molar-refractivity contribution in [3.63, 3.8) is 0 Å². The Morgan fingerprint density at radius 1 is 1.08 bits per heavy atom. The Morgan fingerprint density at radius 2 is 1.84 bits per heavy atom. The van der Waals surface area contributed by atoms with Gasteiger partial charge in [0.25, 0.3) is 5.56 Å². The molecular weight excluding hydrogens is 482 g/mol. The average molecular weight is 508 g/mol. The first-order chi connectivity index (χ1) is 18.0. The molecule has 37 heavy (non-hydrogen) atoms. The number of rotatable bonds is 6. The number of hydrogen-bond donors (Lipinski definition) is 1. The van der Waals surface area contributed by atoms with Crippen LogP contribution < -0.4 is 10.9 Å². The Balaban J connectivity index is 1.76. The third-order valence-electron chi connectivity index (χ3n) is 6.08. The summed E-state index contributed by atoms with van der Waals surface area (Å²) in [5, 5.41) is 5.38. The van der Waals surface area contributed by atoms with Crippen LogP contribution in [0.4, 0.5) is 5.00 Å². The Morgan fingerprint density at radius 3 is 2.54 bits per heavy atom. The summed E-state index contributed by atoms with van der Waals surface area (Å²) in [5.41, 5.74) is 5.26. The lowest BCUT2D eigenvalue weighted by atomic mass is 9.99. The minimum atomic E-state index is -0.421. The molecule has 0 fully saturated rings. The van der Waals surface area contributed by atoms with Crippen LogP contribution in [0.25, 0.3) is 27.6 Å². The standard InChI is InChI=1S/C28H25N7OS/c1-17(34-26(29-3)25-27(30-4)37-16-33-25)23-13-19-9-8-12-22(20-14-31-18(2)32-15-20)24(19)28(36)35(23)21-10-6-5-7-11-21/h5-17,30H,3H2,1-2,4H3/t17-/m0/s1. The molecule has 184 valence electrons. The summed E-state index contributed by atoms with van der Waals surface area (Å²) in [7, 11) is 1.83. The number of aliphatic imine (C=N–C) groups is 2. The van der Waals surface area contributed by atoms with E-state index in [4.69, 9.17) is 4.99 Å². The Bertz CT molecular complexity index is 1670. The summed E-state index contributed by atoms with van der Waals surface area (Å²) in [5.74, 6) is 1.09. The molecule has 0 aliphatic carbocycles. The van der Waals surface area contributed by atoms with Gasteiger partial charge in [0, 0.05) is 30.7 Å². The minimum absolute atomic E-state index is 0.144. The number of para-hydroxylation sites is 1. The van der Waals surface area contributed by atoms with E-state index in [9.17, 15) is 4.79 Å². The smallest absolute Gasteiger partial charge is 0.263 e. The molecule has 5 rings (SSSR count). The molecule has 1 N–H and O–H groups in total. The van der Waals surface area contributed by atoms with Crippen molar-refractivity contribution in [2.75, 3.05) is 12.4 Å². The van der Waals surface area contributed by atoms with Crippen LogP contribution in [0, 0.1) is 6.92 Å². The van der Waals surface area contributed by atoms with Crippen molar-refractivity contribution < 1.29 is 0 Å². The van der Waals surface area contributed by atoms with Gasteiger partial charge in [-0.2, -0.15) is 0 Å². The van der Waals surface area contributed by atoms with E-state index in [1.54, 1.807) is 22.5 Å². The highest BCUT2D eigenvalue weighted by molar-refractivity contribution is 7.14. The van der Waals surface area contributed by atoms with Crippen LogP contribution in [0.1, 0.15) is 30.2 Å². The van der Waals surface area contributed by atoms with Crippen molar-refractivity contribution in [2.24, 2.45) is 9.98 Å². The van der Waals surface area contributed by atoms with Gasteiger partial charge in [-0.3, -0.25) is 14.4 Å². The molecule has 0 saturated carbocycles. The molecule has 0 saturated heterocycles. The summed E-state index contributed by atoms with van der Waals surface area (Å²) >= 11 is 1.46. The van der Waals surface area contributed by atoms with Crippen LogP contribution in [0.5, 0.6) is 0 Å². The molecule has 0 radical (unpaired) electrons. The Labute approximate surface area is 218 Å². The Kier molecular flexibility index (Phi) is 6.70. The zero-order valence-corrected chi connectivity index (χ0v) is 21.5. The number of benzene rings is 2. The third-order valence-corrected chi connectivity index (χ3v) is 6.93. The second-order valence-corrected chi connectivity index (χ2v) is 9.26. The fourth-order valence-corrected chi connectivity index (χ4v) is 4.95. The molecule has 9 heteroatoms. The van der Waals surface area contributed by atoms with Crippen LogP contribution in [0.15, 0.2) is 87.3 Å². The largest absolute Gasteiger partial charge is 0.378 e. The first-order valence-corrected chi connectivity index (χ1v) is 12.6. The zero-order chi connectivity index (χ0) is 25.9. The molecular formula is C28H25N7OS. The molecule has 0 amide bonds. The highest BCUT2D eigenvalue weighted by atomic mass is 32.1. The van der Waals surface area contributed by atoms with Crippen molar-refractivity contribution in [3.05, 3.63) is 100 Å².